The van der Waals surface area contributed by atoms with Crippen molar-refractivity contribution in [3.63, 3.8) is 0 Å². The average molecular weight is 468 g/mol. The van der Waals surface area contributed by atoms with Gasteiger partial charge in [-0.05, 0) is 11.6 Å². The second kappa shape index (κ2) is 9.74. The zero-order valence-electron chi connectivity index (χ0n) is 18.0. The maximum absolute atomic E-state index is 12.6. The maximum Gasteiger partial charge on any atom is 0.471 e. The number of pyridine rings is 1. The van der Waals surface area contributed by atoms with Gasteiger partial charge in [0, 0.05) is 36.5 Å². The van der Waals surface area contributed by atoms with Crippen LogP contribution in [0.3, 0.4) is 0 Å². The summed E-state index contributed by atoms with van der Waals surface area (Å²) in [4.78, 5) is 21.5. The Hall–Kier alpha value is -4.21. The van der Waals surface area contributed by atoms with Crippen molar-refractivity contribution in [2.45, 2.75) is 19.3 Å². The molecular formula is C24H19F3N4O3. The first kappa shape index (κ1) is 23.0. The number of benzene rings is 2. The zero-order valence-corrected chi connectivity index (χ0v) is 18.0. The summed E-state index contributed by atoms with van der Waals surface area (Å²) in [5.74, 6) is -1.57. The molecule has 0 aliphatic carbocycles. The molecule has 2 aromatic carbocycles. The number of rotatable bonds is 6. The van der Waals surface area contributed by atoms with Crippen molar-refractivity contribution < 1.29 is 27.2 Å². The molecule has 174 valence electrons. The van der Waals surface area contributed by atoms with E-state index >= 15 is 0 Å². The molecule has 10 heteroatoms. The van der Waals surface area contributed by atoms with E-state index in [-0.39, 0.29) is 19.0 Å². The van der Waals surface area contributed by atoms with Gasteiger partial charge in [-0.1, -0.05) is 65.8 Å². The van der Waals surface area contributed by atoms with Crippen LogP contribution in [0.1, 0.15) is 17.0 Å². The molecule has 0 fully saturated rings. The van der Waals surface area contributed by atoms with Gasteiger partial charge < -0.3 is 14.2 Å². The largest absolute Gasteiger partial charge is 0.471 e. The minimum atomic E-state index is -4.70. The summed E-state index contributed by atoms with van der Waals surface area (Å²) in [6.45, 7) is 0.313. The molecule has 4 aromatic rings. The van der Waals surface area contributed by atoms with Crippen LogP contribution in [-0.2, 0) is 24.1 Å². The Balaban J connectivity index is 1.30. The number of hydrogen-bond donors (Lipinski definition) is 0. The van der Waals surface area contributed by atoms with Crippen molar-refractivity contribution in [1.29, 1.82) is 0 Å². The molecule has 0 saturated heterocycles. The van der Waals surface area contributed by atoms with Gasteiger partial charge in [-0.3, -0.25) is 4.98 Å². The normalized spacial score (nSPS) is 11.3. The van der Waals surface area contributed by atoms with Crippen LogP contribution in [-0.4, -0.2) is 33.2 Å². The van der Waals surface area contributed by atoms with Gasteiger partial charge in [0.15, 0.2) is 0 Å². The van der Waals surface area contributed by atoms with E-state index in [4.69, 9.17) is 4.74 Å². The van der Waals surface area contributed by atoms with Crippen LogP contribution in [0.4, 0.5) is 18.0 Å². The monoisotopic (exact) mass is 468 g/mol. The standard InChI is InChI=1S/C24H19F3N4O3/c1-31(14-16-7-10-19(11-8-16)21-29-22(34-30-21)24(25,26)27)23(32)33-15-17-9-12-20(28-13-17)18-5-3-2-4-6-18/h2-13H,14-15H2,1H3. The Kier molecular flexibility index (Phi) is 6.58. The smallest absolute Gasteiger partial charge is 0.444 e. The first-order valence-corrected chi connectivity index (χ1v) is 10.2. The Morgan fingerprint density at radius 3 is 2.29 bits per heavy atom. The molecule has 0 atom stereocenters. The van der Waals surface area contributed by atoms with Gasteiger partial charge in [0.25, 0.3) is 0 Å². The van der Waals surface area contributed by atoms with Crippen molar-refractivity contribution in [3.05, 3.63) is 89.9 Å². The zero-order chi connectivity index (χ0) is 24.1. The van der Waals surface area contributed by atoms with Crippen molar-refractivity contribution in [2.24, 2.45) is 0 Å². The predicted molar refractivity (Wildman–Crippen MR) is 116 cm³/mol. The van der Waals surface area contributed by atoms with E-state index in [0.29, 0.717) is 5.56 Å². The molecule has 0 radical (unpaired) electrons. The molecule has 0 spiro atoms. The molecule has 0 bridgehead atoms. The molecule has 0 aliphatic rings. The van der Waals surface area contributed by atoms with Crippen LogP contribution >= 0.6 is 0 Å². The first-order chi connectivity index (χ1) is 16.3. The number of nitrogens with zero attached hydrogens (tertiary/aromatic N) is 4. The molecule has 34 heavy (non-hydrogen) atoms. The van der Waals surface area contributed by atoms with E-state index in [1.54, 1.807) is 37.5 Å². The van der Waals surface area contributed by atoms with Crippen LogP contribution in [0.2, 0.25) is 0 Å². The molecule has 0 saturated carbocycles. The van der Waals surface area contributed by atoms with Gasteiger partial charge in [0.05, 0.1) is 5.69 Å². The molecule has 0 unspecified atom stereocenters. The molecule has 0 N–H and O–H groups in total. The molecule has 4 rings (SSSR count). The molecular weight excluding hydrogens is 449 g/mol. The third-order valence-electron chi connectivity index (χ3n) is 4.87. The summed E-state index contributed by atoms with van der Waals surface area (Å²) in [5.41, 5.74) is 3.68. The number of hydrogen-bond acceptors (Lipinski definition) is 6. The van der Waals surface area contributed by atoms with E-state index in [9.17, 15) is 18.0 Å². The van der Waals surface area contributed by atoms with Gasteiger partial charge in [0.1, 0.15) is 6.61 Å². The number of carbonyl (C=O) groups is 1. The molecule has 2 aromatic heterocycles. The van der Waals surface area contributed by atoms with Crippen LogP contribution in [0, 0.1) is 0 Å². The lowest BCUT2D eigenvalue weighted by Gasteiger charge is -2.17. The second-order valence-corrected chi connectivity index (χ2v) is 7.45. The lowest BCUT2D eigenvalue weighted by molar-refractivity contribution is -0.159. The number of ether oxygens (including phenoxy) is 1. The highest BCUT2D eigenvalue weighted by atomic mass is 19.4. The van der Waals surface area contributed by atoms with Crippen molar-refractivity contribution in [1.82, 2.24) is 20.0 Å². The van der Waals surface area contributed by atoms with Crippen molar-refractivity contribution in [3.8, 4) is 22.6 Å². The molecule has 0 aliphatic heterocycles. The average Bonchev–Trinajstić information content (AvgIpc) is 3.35. The van der Waals surface area contributed by atoms with Crippen molar-refractivity contribution >= 4 is 6.09 Å². The SMILES string of the molecule is CN(Cc1ccc(-c2noc(C(F)(F)F)n2)cc1)C(=O)OCc1ccc(-c2ccccc2)nc1. The van der Waals surface area contributed by atoms with Gasteiger partial charge in [-0.2, -0.15) is 18.2 Å². The third kappa shape index (κ3) is 5.58. The van der Waals surface area contributed by atoms with Gasteiger partial charge in [-0.15, -0.1) is 0 Å². The van der Waals surface area contributed by atoms with Crippen LogP contribution in [0.15, 0.2) is 77.4 Å². The quantitative estimate of drug-likeness (QED) is 0.367. The van der Waals surface area contributed by atoms with Gasteiger partial charge >= 0.3 is 18.2 Å². The molecule has 2 heterocycles. The highest BCUT2D eigenvalue weighted by Gasteiger charge is 2.38. The lowest BCUT2D eigenvalue weighted by Crippen LogP contribution is -2.26. The number of alkyl halides is 3. The topological polar surface area (TPSA) is 81.4 Å². The number of amides is 1. The summed E-state index contributed by atoms with van der Waals surface area (Å²) in [6, 6.07) is 19.9. The predicted octanol–water partition coefficient (Wildman–Crippen LogP) is 5.59. The van der Waals surface area contributed by atoms with Crippen LogP contribution in [0.5, 0.6) is 0 Å². The summed E-state index contributed by atoms with van der Waals surface area (Å²) in [7, 11) is 1.59. The Bertz CT molecular complexity index is 1240. The number of carbonyl (C=O) groups excluding carboxylic acids is 1. The minimum absolute atomic E-state index is 0.0730. The fraction of sp³-hybridized carbons (Fsp3) is 0.167. The Morgan fingerprint density at radius 2 is 1.68 bits per heavy atom. The van der Waals surface area contributed by atoms with E-state index in [1.165, 1.54) is 4.90 Å². The maximum atomic E-state index is 12.6. The van der Waals surface area contributed by atoms with Crippen LogP contribution in [0.25, 0.3) is 22.6 Å². The summed E-state index contributed by atoms with van der Waals surface area (Å²) >= 11 is 0. The first-order valence-electron chi connectivity index (χ1n) is 10.2. The summed E-state index contributed by atoms with van der Waals surface area (Å²) in [5, 5.41) is 3.35. The minimum Gasteiger partial charge on any atom is -0.444 e. The highest BCUT2D eigenvalue weighted by molar-refractivity contribution is 5.67. The van der Waals surface area contributed by atoms with Gasteiger partial charge in [-0.25, -0.2) is 4.79 Å². The fourth-order valence-electron chi connectivity index (χ4n) is 3.10. The Labute approximate surface area is 192 Å². The van der Waals surface area contributed by atoms with Crippen molar-refractivity contribution in [2.75, 3.05) is 7.05 Å². The van der Waals surface area contributed by atoms with Crippen LogP contribution < -0.4 is 0 Å². The molecule has 7 nitrogen and oxygen atoms in total. The van der Waals surface area contributed by atoms with E-state index in [1.807, 2.05) is 42.5 Å². The number of aromatic nitrogens is 3. The second-order valence-electron chi connectivity index (χ2n) is 7.45. The fourth-order valence-corrected chi connectivity index (χ4v) is 3.10. The summed E-state index contributed by atoms with van der Waals surface area (Å²) in [6.07, 6.45) is -3.56. The summed E-state index contributed by atoms with van der Waals surface area (Å²) < 4.78 is 47.4. The lowest BCUT2D eigenvalue weighted by atomic mass is 10.1. The van der Waals surface area contributed by atoms with E-state index < -0.39 is 18.2 Å². The third-order valence-corrected chi connectivity index (χ3v) is 4.87. The Morgan fingerprint density at radius 1 is 0.971 bits per heavy atom. The molecule has 1 amide bonds. The van der Waals surface area contributed by atoms with E-state index in [2.05, 4.69) is 19.6 Å². The number of halogens is 3. The highest BCUT2D eigenvalue weighted by Crippen LogP contribution is 2.29. The van der Waals surface area contributed by atoms with Gasteiger partial charge in [0.2, 0.25) is 5.82 Å². The van der Waals surface area contributed by atoms with E-state index in [0.717, 1.165) is 22.4 Å².